The van der Waals surface area contributed by atoms with Crippen LogP contribution >= 0.6 is 22.9 Å². The minimum absolute atomic E-state index is 0.182. The average Bonchev–Trinajstić information content (AvgIpc) is 2.84. The molecule has 0 saturated heterocycles. The molecule has 0 amide bonds. The van der Waals surface area contributed by atoms with Crippen molar-refractivity contribution < 1.29 is 14.6 Å². The molecule has 2 aromatic rings. The van der Waals surface area contributed by atoms with Crippen LogP contribution in [-0.2, 0) is 18.0 Å². The highest BCUT2D eigenvalue weighted by molar-refractivity contribution is 7.09. The van der Waals surface area contributed by atoms with Crippen molar-refractivity contribution in [2.45, 2.75) is 13.2 Å². The fraction of sp³-hybridized carbons (Fsp3) is 0.154. The lowest BCUT2D eigenvalue weighted by Crippen LogP contribution is -1.98. The van der Waals surface area contributed by atoms with E-state index in [1.54, 1.807) is 17.4 Å². The van der Waals surface area contributed by atoms with Crippen molar-refractivity contribution in [3.63, 3.8) is 0 Å². The van der Waals surface area contributed by atoms with E-state index in [1.807, 2.05) is 17.5 Å². The third-order valence-corrected chi connectivity index (χ3v) is 3.58. The number of hydrogen-bond donors (Lipinski definition) is 1. The van der Waals surface area contributed by atoms with Gasteiger partial charge in [0, 0.05) is 9.90 Å². The molecular formula is C13H11ClO3S. The summed E-state index contributed by atoms with van der Waals surface area (Å²) in [4.78, 5) is 11.9. The summed E-state index contributed by atoms with van der Waals surface area (Å²) in [6.45, 7) is 0.908. The van der Waals surface area contributed by atoms with Gasteiger partial charge in [0.1, 0.15) is 0 Å². The normalized spacial score (nSPS) is 10.5. The highest BCUT2D eigenvalue weighted by Gasteiger charge is 2.07. The van der Waals surface area contributed by atoms with E-state index in [9.17, 15) is 4.79 Å². The fourth-order valence-electron chi connectivity index (χ4n) is 1.45. The summed E-state index contributed by atoms with van der Waals surface area (Å²) in [5.41, 5.74) is 0.972. The van der Waals surface area contributed by atoms with Crippen LogP contribution in [0.3, 0.4) is 0 Å². The van der Waals surface area contributed by atoms with Crippen molar-refractivity contribution in [3.8, 4) is 0 Å². The second-order valence-electron chi connectivity index (χ2n) is 3.68. The molecule has 0 aliphatic carbocycles. The summed E-state index contributed by atoms with van der Waals surface area (Å²) < 4.78 is 5.52. The first kappa shape index (κ1) is 13.1. The Bertz CT molecular complexity index is 537. The SMILES string of the molecule is O=C(O)c1ccc(COCc2cccs2)c(Cl)c1. The van der Waals surface area contributed by atoms with Gasteiger partial charge < -0.3 is 9.84 Å². The van der Waals surface area contributed by atoms with E-state index in [1.165, 1.54) is 12.1 Å². The van der Waals surface area contributed by atoms with Gasteiger partial charge in [0.05, 0.1) is 18.8 Å². The second kappa shape index (κ2) is 6.00. The number of carbonyl (C=O) groups is 1. The van der Waals surface area contributed by atoms with Crippen LogP contribution in [-0.4, -0.2) is 11.1 Å². The van der Waals surface area contributed by atoms with Crippen LogP contribution in [0.25, 0.3) is 0 Å². The van der Waals surface area contributed by atoms with E-state index in [4.69, 9.17) is 21.4 Å². The lowest BCUT2D eigenvalue weighted by Gasteiger charge is -2.06. The van der Waals surface area contributed by atoms with Crippen LogP contribution < -0.4 is 0 Å². The van der Waals surface area contributed by atoms with Gasteiger partial charge in [-0.2, -0.15) is 0 Å². The Morgan fingerprint density at radius 3 is 2.78 bits per heavy atom. The lowest BCUT2D eigenvalue weighted by atomic mass is 10.1. The molecule has 0 radical (unpaired) electrons. The minimum Gasteiger partial charge on any atom is -0.478 e. The molecule has 5 heteroatoms. The number of hydrogen-bond acceptors (Lipinski definition) is 3. The monoisotopic (exact) mass is 282 g/mol. The predicted molar refractivity (Wildman–Crippen MR) is 71.2 cm³/mol. The number of ether oxygens (including phenoxy) is 1. The van der Waals surface area contributed by atoms with Gasteiger partial charge in [-0.25, -0.2) is 4.79 Å². The van der Waals surface area contributed by atoms with Crippen molar-refractivity contribution in [1.29, 1.82) is 0 Å². The largest absolute Gasteiger partial charge is 0.478 e. The zero-order valence-corrected chi connectivity index (χ0v) is 11.0. The molecule has 0 bridgehead atoms. The molecule has 0 aliphatic heterocycles. The Labute approximate surface area is 114 Å². The highest BCUT2D eigenvalue weighted by Crippen LogP contribution is 2.20. The third-order valence-electron chi connectivity index (χ3n) is 2.38. The minimum atomic E-state index is -0.983. The first-order chi connectivity index (χ1) is 8.66. The number of aromatic carboxylic acids is 1. The van der Waals surface area contributed by atoms with Crippen molar-refractivity contribution in [2.24, 2.45) is 0 Å². The smallest absolute Gasteiger partial charge is 0.335 e. The number of carboxylic acids is 1. The average molecular weight is 283 g/mol. The molecule has 1 aromatic heterocycles. The van der Waals surface area contributed by atoms with E-state index >= 15 is 0 Å². The van der Waals surface area contributed by atoms with Gasteiger partial charge in [0.2, 0.25) is 0 Å². The Balaban J connectivity index is 1.95. The molecule has 3 nitrogen and oxygen atoms in total. The lowest BCUT2D eigenvalue weighted by molar-refractivity contribution is 0.0696. The van der Waals surface area contributed by atoms with Crippen molar-refractivity contribution in [3.05, 3.63) is 56.7 Å². The molecular weight excluding hydrogens is 272 g/mol. The Hall–Kier alpha value is -1.36. The number of benzene rings is 1. The molecule has 94 valence electrons. The van der Waals surface area contributed by atoms with E-state index in [2.05, 4.69) is 0 Å². The molecule has 0 saturated carbocycles. The van der Waals surface area contributed by atoms with E-state index in [-0.39, 0.29) is 5.56 Å². The number of carboxylic acid groups (broad SMARTS) is 1. The van der Waals surface area contributed by atoms with Gasteiger partial charge in [-0.15, -0.1) is 11.3 Å². The van der Waals surface area contributed by atoms with Crippen LogP contribution in [0.1, 0.15) is 20.8 Å². The quantitative estimate of drug-likeness (QED) is 0.907. The summed E-state index contributed by atoms with van der Waals surface area (Å²) in [6, 6.07) is 8.61. The van der Waals surface area contributed by atoms with E-state index in [0.29, 0.717) is 18.2 Å². The molecule has 2 rings (SSSR count). The topological polar surface area (TPSA) is 46.5 Å². The number of thiophene rings is 1. The van der Waals surface area contributed by atoms with Crippen LogP contribution in [0.15, 0.2) is 35.7 Å². The highest BCUT2D eigenvalue weighted by atomic mass is 35.5. The van der Waals surface area contributed by atoms with Crippen molar-refractivity contribution in [1.82, 2.24) is 0 Å². The van der Waals surface area contributed by atoms with Gasteiger partial charge in [-0.3, -0.25) is 0 Å². The Kier molecular flexibility index (Phi) is 4.36. The van der Waals surface area contributed by atoms with Crippen LogP contribution in [0.5, 0.6) is 0 Å². The maximum atomic E-state index is 10.7. The molecule has 0 spiro atoms. The maximum Gasteiger partial charge on any atom is 0.335 e. The van der Waals surface area contributed by atoms with Gasteiger partial charge in [0.25, 0.3) is 0 Å². The standard InChI is InChI=1S/C13H11ClO3S/c14-12-6-9(13(15)16)3-4-10(12)7-17-8-11-2-1-5-18-11/h1-6H,7-8H2,(H,15,16). The number of rotatable bonds is 5. The molecule has 1 N–H and O–H groups in total. The van der Waals surface area contributed by atoms with Crippen LogP contribution in [0, 0.1) is 0 Å². The van der Waals surface area contributed by atoms with Gasteiger partial charge in [-0.1, -0.05) is 23.7 Å². The Morgan fingerprint density at radius 2 is 2.17 bits per heavy atom. The first-order valence-electron chi connectivity index (χ1n) is 5.28. The van der Waals surface area contributed by atoms with Gasteiger partial charge >= 0.3 is 5.97 Å². The molecule has 18 heavy (non-hydrogen) atoms. The molecule has 0 unspecified atom stereocenters. The summed E-state index contributed by atoms with van der Waals surface area (Å²) >= 11 is 7.63. The molecule has 1 heterocycles. The zero-order chi connectivity index (χ0) is 13.0. The van der Waals surface area contributed by atoms with Crippen molar-refractivity contribution >= 4 is 28.9 Å². The van der Waals surface area contributed by atoms with Gasteiger partial charge in [-0.05, 0) is 29.1 Å². The van der Waals surface area contributed by atoms with Gasteiger partial charge in [0.15, 0.2) is 0 Å². The summed E-state index contributed by atoms with van der Waals surface area (Å²) in [6.07, 6.45) is 0. The fourth-order valence-corrected chi connectivity index (χ4v) is 2.33. The summed E-state index contributed by atoms with van der Waals surface area (Å²) in [5, 5.41) is 11.2. The van der Waals surface area contributed by atoms with Crippen LogP contribution in [0.4, 0.5) is 0 Å². The zero-order valence-electron chi connectivity index (χ0n) is 9.43. The first-order valence-corrected chi connectivity index (χ1v) is 6.54. The van der Waals surface area contributed by atoms with E-state index < -0.39 is 5.97 Å². The Morgan fingerprint density at radius 1 is 1.33 bits per heavy atom. The van der Waals surface area contributed by atoms with Crippen LogP contribution in [0.2, 0.25) is 5.02 Å². The second-order valence-corrected chi connectivity index (χ2v) is 5.12. The third kappa shape index (κ3) is 3.32. The van der Waals surface area contributed by atoms with E-state index in [0.717, 1.165) is 10.4 Å². The molecule has 1 aromatic carbocycles. The molecule has 0 atom stereocenters. The summed E-state index contributed by atoms with van der Waals surface area (Å²) in [5.74, 6) is -0.983. The molecule has 0 aliphatic rings. The maximum absolute atomic E-state index is 10.7. The summed E-state index contributed by atoms with van der Waals surface area (Å²) in [7, 11) is 0. The number of halogens is 1. The molecule has 0 fully saturated rings. The van der Waals surface area contributed by atoms with Crippen molar-refractivity contribution in [2.75, 3.05) is 0 Å². The predicted octanol–water partition coefficient (Wildman–Crippen LogP) is 3.82.